The molecular formula is C22H38N4O2S. The molecule has 2 rings (SSSR count). The average molecular weight is 423 g/mol. The van der Waals surface area contributed by atoms with Crippen LogP contribution in [0, 0.1) is 5.92 Å². The van der Waals surface area contributed by atoms with Gasteiger partial charge in [0.2, 0.25) is 10.0 Å². The molecule has 1 heterocycles. The zero-order chi connectivity index (χ0) is 21.5. The fraction of sp³-hybridized carbons (Fsp3) is 0.682. The van der Waals surface area contributed by atoms with Crippen LogP contribution in [0.1, 0.15) is 51.7 Å². The Balaban J connectivity index is 1.81. The Morgan fingerprint density at radius 1 is 1.14 bits per heavy atom. The van der Waals surface area contributed by atoms with E-state index in [-0.39, 0.29) is 5.41 Å². The van der Waals surface area contributed by atoms with Gasteiger partial charge >= 0.3 is 0 Å². The number of rotatable bonds is 7. The van der Waals surface area contributed by atoms with Crippen LogP contribution in [0.15, 0.2) is 29.3 Å². The Kier molecular flexibility index (Phi) is 8.52. The number of guanidine groups is 1. The van der Waals surface area contributed by atoms with E-state index in [1.807, 2.05) is 0 Å². The van der Waals surface area contributed by atoms with Gasteiger partial charge in [0, 0.05) is 32.7 Å². The number of sulfonamides is 1. The fourth-order valence-electron chi connectivity index (χ4n) is 3.48. The third kappa shape index (κ3) is 7.97. The van der Waals surface area contributed by atoms with Crippen LogP contribution in [-0.2, 0) is 21.9 Å². The highest BCUT2D eigenvalue weighted by Gasteiger charge is 2.24. The lowest BCUT2D eigenvalue weighted by Gasteiger charge is -2.29. The van der Waals surface area contributed by atoms with Crippen LogP contribution in [0.3, 0.4) is 0 Å². The summed E-state index contributed by atoms with van der Waals surface area (Å²) in [4.78, 5) is 4.73. The van der Waals surface area contributed by atoms with E-state index in [0.29, 0.717) is 19.0 Å². The topological polar surface area (TPSA) is 73.8 Å². The van der Waals surface area contributed by atoms with Crippen molar-refractivity contribution in [2.45, 2.75) is 52.4 Å². The zero-order valence-electron chi connectivity index (χ0n) is 18.7. The number of benzene rings is 1. The van der Waals surface area contributed by atoms with Gasteiger partial charge in [-0.2, -0.15) is 0 Å². The third-order valence-corrected chi connectivity index (χ3v) is 6.72. The van der Waals surface area contributed by atoms with Gasteiger partial charge in [0.15, 0.2) is 5.96 Å². The first kappa shape index (κ1) is 23.7. The Morgan fingerprint density at radius 2 is 1.76 bits per heavy atom. The van der Waals surface area contributed by atoms with Gasteiger partial charge in [0.1, 0.15) is 0 Å². The van der Waals surface area contributed by atoms with Gasteiger partial charge in [0.05, 0.1) is 6.26 Å². The van der Waals surface area contributed by atoms with E-state index in [1.54, 1.807) is 4.31 Å². The normalized spacial score (nSPS) is 17.3. The molecule has 0 unspecified atom stereocenters. The highest BCUT2D eigenvalue weighted by molar-refractivity contribution is 7.88. The molecule has 7 heteroatoms. The fourth-order valence-corrected chi connectivity index (χ4v) is 4.36. The van der Waals surface area contributed by atoms with Crippen LogP contribution in [-0.4, -0.2) is 57.7 Å². The second kappa shape index (κ2) is 10.4. The first-order chi connectivity index (χ1) is 13.6. The summed E-state index contributed by atoms with van der Waals surface area (Å²) in [5, 5.41) is 6.72. The Morgan fingerprint density at radius 3 is 2.28 bits per heavy atom. The molecule has 1 aliphatic heterocycles. The number of nitrogens with zero attached hydrogens (tertiary/aromatic N) is 2. The molecule has 6 nitrogen and oxygen atoms in total. The van der Waals surface area contributed by atoms with Crippen molar-refractivity contribution >= 4 is 16.0 Å². The van der Waals surface area contributed by atoms with E-state index >= 15 is 0 Å². The molecule has 0 bridgehead atoms. The molecule has 0 radical (unpaired) electrons. The molecule has 1 saturated heterocycles. The summed E-state index contributed by atoms with van der Waals surface area (Å²) in [6.07, 6.45) is 3.98. The predicted molar refractivity (Wildman–Crippen MR) is 122 cm³/mol. The molecule has 2 N–H and O–H groups in total. The average Bonchev–Trinajstić information content (AvgIpc) is 2.65. The molecule has 29 heavy (non-hydrogen) atoms. The maximum absolute atomic E-state index is 11.6. The molecule has 164 valence electrons. The Hall–Kier alpha value is -1.60. The summed E-state index contributed by atoms with van der Waals surface area (Å²) >= 11 is 0. The SMILES string of the molecule is CCNC(=NCC1CCN(S(C)(=O)=O)CC1)NCCc1ccc(C(C)(C)C)cc1. The van der Waals surface area contributed by atoms with Gasteiger partial charge in [-0.05, 0) is 48.6 Å². The number of piperidine rings is 1. The highest BCUT2D eigenvalue weighted by Crippen LogP contribution is 2.22. The predicted octanol–water partition coefficient (Wildman–Crippen LogP) is 2.75. The van der Waals surface area contributed by atoms with Crippen molar-refractivity contribution in [2.24, 2.45) is 10.9 Å². The van der Waals surface area contributed by atoms with Crippen LogP contribution in [0.2, 0.25) is 0 Å². The van der Waals surface area contributed by atoms with E-state index < -0.39 is 10.0 Å². The molecule has 0 amide bonds. The van der Waals surface area contributed by atoms with Gasteiger partial charge < -0.3 is 10.6 Å². The van der Waals surface area contributed by atoms with Crippen molar-refractivity contribution in [3.63, 3.8) is 0 Å². The maximum Gasteiger partial charge on any atom is 0.211 e. The quantitative estimate of drug-likeness (QED) is 0.523. The van der Waals surface area contributed by atoms with Crippen molar-refractivity contribution in [1.82, 2.24) is 14.9 Å². The molecule has 0 aromatic heterocycles. The monoisotopic (exact) mass is 422 g/mol. The van der Waals surface area contributed by atoms with E-state index in [1.165, 1.54) is 17.4 Å². The minimum atomic E-state index is -3.07. The van der Waals surface area contributed by atoms with Gasteiger partial charge in [-0.25, -0.2) is 12.7 Å². The van der Waals surface area contributed by atoms with Crippen LogP contribution in [0.25, 0.3) is 0 Å². The zero-order valence-corrected chi connectivity index (χ0v) is 19.5. The minimum absolute atomic E-state index is 0.180. The van der Waals surface area contributed by atoms with Crippen LogP contribution in [0.5, 0.6) is 0 Å². The van der Waals surface area contributed by atoms with Crippen molar-refractivity contribution in [2.75, 3.05) is 39.0 Å². The van der Waals surface area contributed by atoms with Gasteiger partial charge in [0.25, 0.3) is 0 Å². The summed E-state index contributed by atoms with van der Waals surface area (Å²) in [7, 11) is -3.07. The lowest BCUT2D eigenvalue weighted by atomic mass is 9.86. The summed E-state index contributed by atoms with van der Waals surface area (Å²) in [5.74, 6) is 1.28. The smallest absolute Gasteiger partial charge is 0.211 e. The summed E-state index contributed by atoms with van der Waals surface area (Å²) < 4.78 is 24.8. The van der Waals surface area contributed by atoms with Crippen molar-refractivity contribution < 1.29 is 8.42 Å². The van der Waals surface area contributed by atoms with E-state index in [2.05, 4.69) is 62.6 Å². The molecule has 0 atom stereocenters. The minimum Gasteiger partial charge on any atom is -0.357 e. The van der Waals surface area contributed by atoms with E-state index in [0.717, 1.165) is 44.9 Å². The summed E-state index contributed by atoms with van der Waals surface area (Å²) in [6.45, 7) is 12.3. The third-order valence-electron chi connectivity index (χ3n) is 5.42. The first-order valence-electron chi connectivity index (χ1n) is 10.7. The summed E-state index contributed by atoms with van der Waals surface area (Å²) in [6, 6.07) is 8.86. The van der Waals surface area contributed by atoms with Gasteiger partial charge in [-0.15, -0.1) is 0 Å². The summed E-state index contributed by atoms with van der Waals surface area (Å²) in [5.41, 5.74) is 2.85. The standard InChI is InChI=1S/C22H38N4O2S/c1-6-23-21(25-17-19-12-15-26(16-13-19)29(5,27)28)24-14-11-18-7-9-20(10-8-18)22(2,3)4/h7-10,19H,6,11-17H2,1-5H3,(H2,23,24,25). The molecule has 0 saturated carbocycles. The van der Waals surface area contributed by atoms with E-state index in [9.17, 15) is 8.42 Å². The van der Waals surface area contributed by atoms with Crippen LogP contribution in [0.4, 0.5) is 0 Å². The molecule has 0 aliphatic carbocycles. The van der Waals surface area contributed by atoms with Gasteiger partial charge in [-0.1, -0.05) is 45.0 Å². The number of hydrogen-bond acceptors (Lipinski definition) is 3. The largest absolute Gasteiger partial charge is 0.357 e. The number of aliphatic imine (C=N–C) groups is 1. The highest BCUT2D eigenvalue weighted by atomic mass is 32.2. The second-order valence-electron chi connectivity index (χ2n) is 8.95. The number of hydrogen-bond donors (Lipinski definition) is 2. The Bertz CT molecular complexity index is 759. The molecule has 1 aliphatic rings. The van der Waals surface area contributed by atoms with Crippen molar-refractivity contribution in [3.05, 3.63) is 35.4 Å². The van der Waals surface area contributed by atoms with Crippen molar-refractivity contribution in [3.8, 4) is 0 Å². The molecular weight excluding hydrogens is 384 g/mol. The molecule has 1 fully saturated rings. The second-order valence-corrected chi connectivity index (χ2v) is 10.9. The molecule has 1 aromatic rings. The van der Waals surface area contributed by atoms with Gasteiger partial charge in [-0.3, -0.25) is 4.99 Å². The molecule has 1 aromatic carbocycles. The molecule has 0 spiro atoms. The Labute approximate surface area is 177 Å². The first-order valence-corrected chi connectivity index (χ1v) is 12.5. The van der Waals surface area contributed by atoms with Crippen LogP contribution >= 0.6 is 0 Å². The lowest BCUT2D eigenvalue weighted by molar-refractivity contribution is 0.280. The lowest BCUT2D eigenvalue weighted by Crippen LogP contribution is -2.40. The van der Waals surface area contributed by atoms with Crippen molar-refractivity contribution in [1.29, 1.82) is 0 Å². The van der Waals surface area contributed by atoms with E-state index in [4.69, 9.17) is 4.99 Å². The number of nitrogens with one attached hydrogen (secondary N) is 2. The van der Waals surface area contributed by atoms with Crippen LogP contribution < -0.4 is 10.6 Å². The maximum atomic E-state index is 11.6.